The number of carbonyl (C=O) groups is 1. The van der Waals surface area contributed by atoms with Crippen LogP contribution in [0.3, 0.4) is 0 Å². The third kappa shape index (κ3) is 4.60. The number of amides is 1. The van der Waals surface area contributed by atoms with Gasteiger partial charge in [-0.2, -0.15) is 0 Å². The normalized spacial score (nSPS) is 12.8. The lowest BCUT2D eigenvalue weighted by Gasteiger charge is -2.19. The molecular formula is C19H21N5O3. The second kappa shape index (κ2) is 8.31. The molecule has 0 spiro atoms. The minimum absolute atomic E-state index is 0.268. The molecule has 1 N–H and O–H groups in total. The van der Waals surface area contributed by atoms with E-state index >= 15 is 0 Å². The molecule has 0 bridgehead atoms. The van der Waals surface area contributed by atoms with E-state index in [0.29, 0.717) is 23.9 Å². The molecule has 0 saturated heterocycles. The van der Waals surface area contributed by atoms with Gasteiger partial charge in [-0.15, -0.1) is 0 Å². The van der Waals surface area contributed by atoms with Crippen molar-refractivity contribution >= 4 is 35.5 Å². The maximum atomic E-state index is 11.7. The lowest BCUT2D eigenvalue weighted by Crippen LogP contribution is -2.18. The van der Waals surface area contributed by atoms with Crippen LogP contribution in [0.5, 0.6) is 5.75 Å². The van der Waals surface area contributed by atoms with Crippen LogP contribution in [-0.4, -0.2) is 55.3 Å². The highest BCUT2D eigenvalue weighted by molar-refractivity contribution is 6.05. The Kier molecular flexibility index (Phi) is 5.65. The highest BCUT2D eigenvalue weighted by Crippen LogP contribution is 2.40. The number of pyridine rings is 1. The van der Waals surface area contributed by atoms with E-state index in [4.69, 9.17) is 14.5 Å². The van der Waals surface area contributed by atoms with E-state index in [0.717, 1.165) is 11.3 Å². The van der Waals surface area contributed by atoms with E-state index < -0.39 is 6.09 Å². The van der Waals surface area contributed by atoms with Gasteiger partial charge in [0.25, 0.3) is 0 Å². The van der Waals surface area contributed by atoms with Crippen molar-refractivity contribution in [1.82, 2.24) is 9.88 Å². The van der Waals surface area contributed by atoms with E-state index in [1.54, 1.807) is 24.2 Å². The molecule has 0 atom stereocenters. The molecule has 1 amide bonds. The van der Waals surface area contributed by atoms with E-state index in [-0.39, 0.29) is 12.4 Å². The zero-order valence-electron chi connectivity index (χ0n) is 15.5. The largest absolute Gasteiger partial charge is 0.485 e. The highest BCUT2D eigenvalue weighted by atomic mass is 16.5. The number of anilines is 1. The van der Waals surface area contributed by atoms with Crippen LogP contribution in [0.25, 0.3) is 0 Å². The van der Waals surface area contributed by atoms with Crippen molar-refractivity contribution in [2.75, 3.05) is 32.6 Å². The van der Waals surface area contributed by atoms with Gasteiger partial charge in [0, 0.05) is 20.2 Å². The summed E-state index contributed by atoms with van der Waals surface area (Å²) in [7, 11) is 3.71. The Morgan fingerprint density at radius 2 is 2.15 bits per heavy atom. The quantitative estimate of drug-likeness (QED) is 0.646. The molecule has 8 heteroatoms. The van der Waals surface area contributed by atoms with Crippen molar-refractivity contribution in [3.8, 4) is 5.75 Å². The van der Waals surface area contributed by atoms with Crippen molar-refractivity contribution in [2.45, 2.75) is 6.92 Å². The van der Waals surface area contributed by atoms with E-state index in [2.05, 4.69) is 15.3 Å². The Hall–Kier alpha value is -3.42. The van der Waals surface area contributed by atoms with Gasteiger partial charge in [-0.05, 0) is 12.5 Å². The summed E-state index contributed by atoms with van der Waals surface area (Å²) in [5.41, 5.74) is 2.28. The van der Waals surface area contributed by atoms with Crippen LogP contribution in [0.15, 0.2) is 46.4 Å². The van der Waals surface area contributed by atoms with Gasteiger partial charge in [0.05, 0.1) is 18.7 Å². The number of aliphatic imine (C=N–C) groups is 2. The van der Waals surface area contributed by atoms with Gasteiger partial charge in [-0.1, -0.05) is 30.3 Å². The van der Waals surface area contributed by atoms with Gasteiger partial charge in [-0.3, -0.25) is 5.32 Å². The van der Waals surface area contributed by atoms with Crippen molar-refractivity contribution in [2.24, 2.45) is 9.98 Å². The SMILES string of the molecule is CCOC(=O)Nc1cc2c(c(/N=C/N(C)C)n1)N=C(c1ccccc1)CO2. The molecule has 0 unspecified atom stereocenters. The molecule has 0 radical (unpaired) electrons. The minimum Gasteiger partial charge on any atom is -0.485 e. The summed E-state index contributed by atoms with van der Waals surface area (Å²) in [4.78, 5) is 26.9. The zero-order valence-corrected chi connectivity index (χ0v) is 15.5. The summed E-state index contributed by atoms with van der Waals surface area (Å²) in [6, 6.07) is 11.4. The first-order valence-electron chi connectivity index (χ1n) is 8.52. The molecule has 1 aromatic carbocycles. The number of hydrogen-bond acceptors (Lipinski definition) is 6. The predicted molar refractivity (Wildman–Crippen MR) is 105 cm³/mol. The third-order valence-corrected chi connectivity index (χ3v) is 3.57. The molecule has 3 rings (SSSR count). The molecule has 2 heterocycles. The first kappa shape index (κ1) is 18.4. The number of fused-ring (bicyclic) bond motifs is 1. The Bertz CT molecular complexity index is 878. The van der Waals surface area contributed by atoms with Gasteiger partial charge in [0.15, 0.2) is 17.3 Å². The topological polar surface area (TPSA) is 88.4 Å². The number of rotatable bonds is 5. The molecule has 0 aliphatic carbocycles. The van der Waals surface area contributed by atoms with Crippen LogP contribution in [-0.2, 0) is 4.74 Å². The fourth-order valence-electron chi connectivity index (χ4n) is 2.40. The minimum atomic E-state index is -0.586. The molecule has 27 heavy (non-hydrogen) atoms. The maximum absolute atomic E-state index is 11.7. The smallest absolute Gasteiger partial charge is 0.412 e. The number of hydrogen-bond donors (Lipinski definition) is 1. The van der Waals surface area contributed by atoms with Crippen molar-refractivity contribution < 1.29 is 14.3 Å². The van der Waals surface area contributed by atoms with Crippen molar-refractivity contribution in [3.05, 3.63) is 42.0 Å². The Labute approximate surface area is 157 Å². The van der Waals surface area contributed by atoms with Gasteiger partial charge < -0.3 is 14.4 Å². The molecular weight excluding hydrogens is 346 g/mol. The lowest BCUT2D eigenvalue weighted by atomic mass is 10.1. The first-order valence-corrected chi connectivity index (χ1v) is 8.52. The summed E-state index contributed by atoms with van der Waals surface area (Å²) < 4.78 is 10.8. The maximum Gasteiger partial charge on any atom is 0.412 e. The molecule has 140 valence electrons. The average molecular weight is 367 g/mol. The molecule has 1 aliphatic heterocycles. The predicted octanol–water partition coefficient (Wildman–Crippen LogP) is 3.38. The fourth-order valence-corrected chi connectivity index (χ4v) is 2.40. The number of ether oxygens (including phenoxy) is 2. The zero-order chi connectivity index (χ0) is 19.2. The third-order valence-electron chi connectivity index (χ3n) is 3.57. The van der Waals surface area contributed by atoms with Crippen molar-refractivity contribution in [3.63, 3.8) is 0 Å². The van der Waals surface area contributed by atoms with Crippen LogP contribution in [0.2, 0.25) is 0 Å². The molecule has 0 fully saturated rings. The molecule has 1 aromatic heterocycles. The van der Waals surface area contributed by atoms with E-state index in [9.17, 15) is 4.79 Å². The summed E-state index contributed by atoms with van der Waals surface area (Å²) in [5.74, 6) is 1.14. The van der Waals surface area contributed by atoms with Gasteiger partial charge in [-0.25, -0.2) is 19.8 Å². The Balaban J connectivity index is 2.01. The first-order chi connectivity index (χ1) is 13.1. The molecule has 2 aromatic rings. The number of carbonyl (C=O) groups excluding carboxylic acids is 1. The Morgan fingerprint density at radius 3 is 2.85 bits per heavy atom. The lowest BCUT2D eigenvalue weighted by molar-refractivity contribution is 0.168. The molecule has 0 saturated carbocycles. The summed E-state index contributed by atoms with van der Waals surface area (Å²) in [6.07, 6.45) is 1.03. The number of benzene rings is 1. The van der Waals surface area contributed by atoms with E-state index in [1.807, 2.05) is 44.4 Å². The number of aromatic nitrogens is 1. The van der Waals surface area contributed by atoms with Gasteiger partial charge in [0.2, 0.25) is 0 Å². The van der Waals surface area contributed by atoms with Crippen LogP contribution in [0.1, 0.15) is 12.5 Å². The molecule has 8 nitrogen and oxygen atoms in total. The second-order valence-corrected chi connectivity index (χ2v) is 5.94. The van der Waals surface area contributed by atoms with Crippen LogP contribution in [0.4, 0.5) is 22.1 Å². The van der Waals surface area contributed by atoms with E-state index in [1.165, 1.54) is 0 Å². The average Bonchev–Trinajstić information content (AvgIpc) is 2.66. The van der Waals surface area contributed by atoms with Crippen molar-refractivity contribution in [1.29, 1.82) is 0 Å². The second-order valence-electron chi connectivity index (χ2n) is 5.94. The standard InChI is InChI=1S/C19H21N5O3/c1-4-26-19(25)23-16-10-15-17(18(22-16)20-12-24(2)3)21-14(11-27-15)13-8-6-5-7-9-13/h5-10,12H,4,11H2,1-3H3,(H,22,23,25)/b20-12+. The number of nitrogens with zero attached hydrogens (tertiary/aromatic N) is 4. The van der Waals surface area contributed by atoms with Crippen LogP contribution in [0, 0.1) is 0 Å². The summed E-state index contributed by atoms with van der Waals surface area (Å²) >= 11 is 0. The van der Waals surface area contributed by atoms with Crippen LogP contribution < -0.4 is 10.1 Å². The summed E-state index contributed by atoms with van der Waals surface area (Å²) in [5, 5.41) is 2.58. The monoisotopic (exact) mass is 367 g/mol. The highest BCUT2D eigenvalue weighted by Gasteiger charge is 2.21. The summed E-state index contributed by atoms with van der Waals surface area (Å²) in [6.45, 7) is 2.32. The van der Waals surface area contributed by atoms with Crippen LogP contribution >= 0.6 is 0 Å². The fraction of sp³-hybridized carbons (Fsp3) is 0.263. The van der Waals surface area contributed by atoms with Gasteiger partial charge >= 0.3 is 6.09 Å². The van der Waals surface area contributed by atoms with Gasteiger partial charge in [0.1, 0.15) is 12.4 Å². The number of nitrogens with one attached hydrogen (secondary N) is 1. The Morgan fingerprint density at radius 1 is 1.37 bits per heavy atom. The molecule has 1 aliphatic rings.